The number of rotatable bonds is 8. The van der Waals surface area contributed by atoms with Gasteiger partial charge in [-0.25, -0.2) is 4.79 Å². The summed E-state index contributed by atoms with van der Waals surface area (Å²) in [7, 11) is 0. The minimum Gasteiger partial charge on any atom is -0.361 e. The van der Waals surface area contributed by atoms with E-state index in [1.165, 1.54) is 4.90 Å². The van der Waals surface area contributed by atoms with Crippen LogP contribution < -0.4 is 5.32 Å². The summed E-state index contributed by atoms with van der Waals surface area (Å²) in [4.78, 5) is 46.5. The molecule has 2 aliphatic rings. The van der Waals surface area contributed by atoms with Crippen LogP contribution in [0.25, 0.3) is 0 Å². The molecule has 176 valence electrons. The lowest BCUT2D eigenvalue weighted by molar-refractivity contribution is -0.134. The van der Waals surface area contributed by atoms with Crippen LogP contribution in [0, 0.1) is 5.92 Å². The third-order valence-corrected chi connectivity index (χ3v) is 6.77. The normalized spacial score (nSPS) is 21.5. The number of hydrogen-bond donors (Lipinski definition) is 1. The summed E-state index contributed by atoms with van der Waals surface area (Å²) in [5.41, 5.74) is 0.255. The van der Waals surface area contributed by atoms with Crippen molar-refractivity contribution < 1.29 is 18.9 Å². The van der Waals surface area contributed by atoms with Gasteiger partial charge >= 0.3 is 6.03 Å². The van der Waals surface area contributed by atoms with Crippen molar-refractivity contribution >= 4 is 17.8 Å². The van der Waals surface area contributed by atoms with E-state index in [1.807, 2.05) is 32.0 Å². The highest BCUT2D eigenvalue weighted by molar-refractivity contribution is 6.07. The second kappa shape index (κ2) is 9.72. The van der Waals surface area contributed by atoms with E-state index in [0.29, 0.717) is 63.2 Å². The average Bonchev–Trinajstić information content (AvgIpc) is 3.42. The number of aryl methyl sites for hydroxylation is 1. The third kappa shape index (κ3) is 4.49. The van der Waals surface area contributed by atoms with E-state index in [4.69, 9.17) is 4.52 Å². The molecule has 9 nitrogen and oxygen atoms in total. The standard InChI is InChI=1S/C24H31N5O4/c1-3-11-24(22(31)29(23(32)26-24)15-10-18-7-5-6-12-25-18)17-8-13-28(14-9-17)21(30)20-16-19(4-2)33-27-20/h5-7,12,16-17H,3-4,8-11,13-15H2,1-2H3,(H,26,32)/t24-/m1/s1. The largest absolute Gasteiger partial charge is 0.361 e. The summed E-state index contributed by atoms with van der Waals surface area (Å²) in [6.45, 7) is 5.30. The Kier molecular flexibility index (Phi) is 6.76. The van der Waals surface area contributed by atoms with E-state index in [2.05, 4.69) is 15.5 Å². The molecule has 2 fully saturated rings. The van der Waals surface area contributed by atoms with Crippen LogP contribution in [-0.4, -0.2) is 63.0 Å². The number of urea groups is 1. The Labute approximate surface area is 193 Å². The maximum absolute atomic E-state index is 13.5. The average molecular weight is 454 g/mol. The Balaban J connectivity index is 1.43. The van der Waals surface area contributed by atoms with Gasteiger partial charge in [0.1, 0.15) is 11.3 Å². The first-order valence-corrected chi connectivity index (χ1v) is 11.8. The molecule has 1 N–H and O–H groups in total. The fraction of sp³-hybridized carbons (Fsp3) is 0.542. The van der Waals surface area contributed by atoms with Crippen molar-refractivity contribution in [3.05, 3.63) is 47.6 Å². The second-order valence-electron chi connectivity index (χ2n) is 8.78. The zero-order valence-corrected chi connectivity index (χ0v) is 19.2. The summed E-state index contributed by atoms with van der Waals surface area (Å²) < 4.78 is 5.17. The highest BCUT2D eigenvalue weighted by Crippen LogP contribution is 2.37. The van der Waals surface area contributed by atoms with Crippen LogP contribution >= 0.6 is 0 Å². The van der Waals surface area contributed by atoms with Crippen LogP contribution in [0.5, 0.6) is 0 Å². The van der Waals surface area contributed by atoms with E-state index in [-0.39, 0.29) is 23.8 Å². The smallest absolute Gasteiger partial charge is 0.325 e. The van der Waals surface area contributed by atoms with Gasteiger partial charge in [-0.15, -0.1) is 0 Å². The van der Waals surface area contributed by atoms with Crippen LogP contribution in [-0.2, 0) is 17.6 Å². The first kappa shape index (κ1) is 22.9. The highest BCUT2D eigenvalue weighted by Gasteiger charge is 2.55. The van der Waals surface area contributed by atoms with Crippen LogP contribution in [0.1, 0.15) is 61.5 Å². The van der Waals surface area contributed by atoms with Crippen molar-refractivity contribution in [2.75, 3.05) is 19.6 Å². The predicted octanol–water partition coefficient (Wildman–Crippen LogP) is 2.82. The van der Waals surface area contributed by atoms with Gasteiger partial charge < -0.3 is 14.7 Å². The van der Waals surface area contributed by atoms with Crippen molar-refractivity contribution in [2.24, 2.45) is 5.92 Å². The van der Waals surface area contributed by atoms with Gasteiger partial charge in [-0.05, 0) is 37.3 Å². The molecular formula is C24H31N5O4. The van der Waals surface area contributed by atoms with Crippen LogP contribution in [0.2, 0.25) is 0 Å². The number of amides is 4. The second-order valence-corrected chi connectivity index (χ2v) is 8.78. The lowest BCUT2D eigenvalue weighted by atomic mass is 9.74. The number of pyridine rings is 1. The molecule has 2 aliphatic heterocycles. The zero-order chi connectivity index (χ0) is 23.4. The number of nitrogens with zero attached hydrogens (tertiary/aromatic N) is 4. The van der Waals surface area contributed by atoms with Gasteiger partial charge in [0.25, 0.3) is 11.8 Å². The molecule has 0 aliphatic carbocycles. The number of aromatic nitrogens is 2. The van der Waals surface area contributed by atoms with E-state index < -0.39 is 5.54 Å². The number of carbonyl (C=O) groups is 3. The number of hydrogen-bond acceptors (Lipinski definition) is 6. The van der Waals surface area contributed by atoms with Crippen LogP contribution in [0.15, 0.2) is 35.0 Å². The Morgan fingerprint density at radius 3 is 2.67 bits per heavy atom. The maximum atomic E-state index is 13.5. The fourth-order valence-electron chi connectivity index (χ4n) is 4.98. The molecule has 0 bridgehead atoms. The van der Waals surface area contributed by atoms with Gasteiger partial charge in [-0.3, -0.25) is 19.5 Å². The number of carbonyl (C=O) groups excluding carboxylic acids is 3. The van der Waals surface area contributed by atoms with Crippen LogP contribution in [0.3, 0.4) is 0 Å². The molecule has 4 heterocycles. The van der Waals surface area contributed by atoms with Crippen molar-refractivity contribution in [3.63, 3.8) is 0 Å². The molecule has 0 saturated carbocycles. The molecular weight excluding hydrogens is 422 g/mol. The lowest BCUT2D eigenvalue weighted by Gasteiger charge is -2.40. The van der Waals surface area contributed by atoms with Crippen LogP contribution in [0.4, 0.5) is 4.79 Å². The van der Waals surface area contributed by atoms with Gasteiger partial charge in [-0.2, -0.15) is 0 Å². The van der Waals surface area contributed by atoms with Crippen molar-refractivity contribution in [3.8, 4) is 0 Å². The molecule has 2 aromatic rings. The Hall–Kier alpha value is -3.23. The molecule has 2 saturated heterocycles. The monoisotopic (exact) mass is 453 g/mol. The van der Waals surface area contributed by atoms with Gasteiger partial charge in [0.2, 0.25) is 0 Å². The molecule has 4 amide bonds. The predicted molar refractivity (Wildman–Crippen MR) is 120 cm³/mol. The highest BCUT2D eigenvalue weighted by atomic mass is 16.5. The minimum absolute atomic E-state index is 0.0266. The van der Waals surface area contributed by atoms with Gasteiger partial charge in [-0.1, -0.05) is 31.5 Å². The summed E-state index contributed by atoms with van der Waals surface area (Å²) in [5.74, 6) is 0.348. The summed E-state index contributed by atoms with van der Waals surface area (Å²) in [6.07, 6.45) is 5.55. The molecule has 0 unspecified atom stereocenters. The molecule has 4 rings (SSSR count). The molecule has 33 heavy (non-hydrogen) atoms. The van der Waals surface area contributed by atoms with Gasteiger partial charge in [0.15, 0.2) is 5.69 Å². The van der Waals surface area contributed by atoms with Crippen molar-refractivity contribution in [1.29, 1.82) is 0 Å². The van der Waals surface area contributed by atoms with Crippen molar-refractivity contribution in [1.82, 2.24) is 25.3 Å². The molecule has 0 spiro atoms. The lowest BCUT2D eigenvalue weighted by Crippen LogP contribution is -2.56. The van der Waals surface area contributed by atoms with E-state index in [9.17, 15) is 14.4 Å². The number of imide groups is 1. The molecule has 1 atom stereocenters. The number of piperidine rings is 1. The number of likely N-dealkylation sites (tertiary alicyclic amines) is 1. The topological polar surface area (TPSA) is 109 Å². The Bertz CT molecular complexity index is 999. The zero-order valence-electron chi connectivity index (χ0n) is 19.2. The fourth-order valence-corrected chi connectivity index (χ4v) is 4.98. The first-order valence-electron chi connectivity index (χ1n) is 11.8. The number of nitrogens with one attached hydrogen (secondary N) is 1. The minimum atomic E-state index is -0.908. The summed E-state index contributed by atoms with van der Waals surface area (Å²) in [6, 6.07) is 6.98. The Morgan fingerprint density at radius 2 is 2.03 bits per heavy atom. The molecule has 0 aromatic carbocycles. The molecule has 9 heteroatoms. The SMILES string of the molecule is CCC[C@]1(C2CCN(C(=O)c3cc(CC)on3)CC2)NC(=O)N(CCc2ccccn2)C1=O. The third-order valence-electron chi connectivity index (χ3n) is 6.77. The molecule has 2 aromatic heterocycles. The van der Waals surface area contributed by atoms with Gasteiger partial charge in [0.05, 0.1) is 0 Å². The van der Waals surface area contributed by atoms with E-state index >= 15 is 0 Å². The summed E-state index contributed by atoms with van der Waals surface area (Å²) >= 11 is 0. The molecule has 0 radical (unpaired) electrons. The quantitative estimate of drug-likeness (QED) is 0.616. The first-order chi connectivity index (χ1) is 16.0. The summed E-state index contributed by atoms with van der Waals surface area (Å²) in [5, 5.41) is 6.94. The van der Waals surface area contributed by atoms with E-state index in [0.717, 1.165) is 12.1 Å². The maximum Gasteiger partial charge on any atom is 0.325 e. The van der Waals surface area contributed by atoms with Crippen molar-refractivity contribution in [2.45, 2.75) is 57.9 Å². The Morgan fingerprint density at radius 1 is 1.24 bits per heavy atom. The van der Waals surface area contributed by atoms with Gasteiger partial charge in [0, 0.05) is 50.4 Å². The van der Waals surface area contributed by atoms with E-state index in [1.54, 1.807) is 17.2 Å².